The van der Waals surface area contributed by atoms with Gasteiger partial charge in [0, 0.05) is 23.2 Å². The number of carbonyl (C=O) groups excluding carboxylic acids is 2. The lowest BCUT2D eigenvalue weighted by Crippen LogP contribution is -2.46. The first-order chi connectivity index (χ1) is 11.3. The summed E-state index contributed by atoms with van der Waals surface area (Å²) in [6.45, 7) is 0.281. The van der Waals surface area contributed by atoms with E-state index in [1.165, 1.54) is 17.8 Å². The van der Waals surface area contributed by atoms with Crippen LogP contribution < -0.4 is 15.5 Å². The van der Waals surface area contributed by atoms with Gasteiger partial charge in [-0.15, -0.1) is 11.8 Å². The van der Waals surface area contributed by atoms with Gasteiger partial charge in [0.2, 0.25) is 5.91 Å². The van der Waals surface area contributed by atoms with Gasteiger partial charge in [-0.05, 0) is 31.0 Å². The predicted molar refractivity (Wildman–Crippen MR) is 84.1 cm³/mol. The number of carbonyl (C=O) groups is 2. The minimum absolute atomic E-state index is 0.124. The molecule has 1 aromatic rings. The molecule has 0 bridgehead atoms. The number of alkyl halides is 3. The lowest BCUT2D eigenvalue weighted by molar-refractivity contribution is -0.137. The number of rotatable bonds is 3. The maximum Gasteiger partial charge on any atom is 0.416 e. The first-order valence-corrected chi connectivity index (χ1v) is 8.51. The zero-order chi connectivity index (χ0) is 17.3. The molecule has 1 aliphatic carbocycles. The van der Waals surface area contributed by atoms with E-state index >= 15 is 0 Å². The Morgan fingerprint density at radius 3 is 2.71 bits per heavy atom. The number of urea groups is 1. The van der Waals surface area contributed by atoms with Crippen LogP contribution in [-0.2, 0) is 11.0 Å². The van der Waals surface area contributed by atoms with Gasteiger partial charge in [-0.3, -0.25) is 10.1 Å². The Balaban J connectivity index is 1.68. The molecule has 1 aromatic carbocycles. The molecule has 2 N–H and O–H groups in total. The number of nitrogens with one attached hydrogen (secondary N) is 2. The van der Waals surface area contributed by atoms with Gasteiger partial charge in [-0.25, -0.2) is 4.79 Å². The van der Waals surface area contributed by atoms with Crippen LogP contribution in [0.3, 0.4) is 0 Å². The molecule has 9 heteroatoms. The van der Waals surface area contributed by atoms with Gasteiger partial charge in [0.05, 0.1) is 17.8 Å². The fourth-order valence-corrected chi connectivity index (χ4v) is 3.43. The van der Waals surface area contributed by atoms with Crippen molar-refractivity contribution in [1.82, 2.24) is 10.6 Å². The third-order valence-corrected chi connectivity index (χ3v) is 4.79. The Morgan fingerprint density at radius 2 is 2.04 bits per heavy atom. The van der Waals surface area contributed by atoms with Crippen molar-refractivity contribution >= 4 is 29.4 Å². The van der Waals surface area contributed by atoms with E-state index in [0.29, 0.717) is 22.9 Å². The fraction of sp³-hybridized carbons (Fsp3) is 0.467. The van der Waals surface area contributed by atoms with E-state index < -0.39 is 23.7 Å². The topological polar surface area (TPSA) is 61.4 Å². The molecule has 5 nitrogen and oxygen atoms in total. The fourth-order valence-electron chi connectivity index (χ4n) is 2.40. The van der Waals surface area contributed by atoms with Crippen LogP contribution in [-0.4, -0.2) is 36.8 Å². The highest BCUT2D eigenvalue weighted by Crippen LogP contribution is 2.39. The Morgan fingerprint density at radius 1 is 1.29 bits per heavy atom. The van der Waals surface area contributed by atoms with Gasteiger partial charge in [-0.2, -0.15) is 13.2 Å². The zero-order valence-electron chi connectivity index (χ0n) is 12.7. The summed E-state index contributed by atoms with van der Waals surface area (Å²) in [7, 11) is 0. The molecule has 1 saturated carbocycles. The molecule has 2 aliphatic rings. The molecule has 3 amide bonds. The molecular formula is C15H16F3N3O2S. The van der Waals surface area contributed by atoms with Crippen molar-refractivity contribution in [2.45, 2.75) is 30.0 Å². The van der Waals surface area contributed by atoms with Crippen LogP contribution in [0.2, 0.25) is 0 Å². The number of thioether (sulfide) groups is 1. The number of hydrogen-bond acceptors (Lipinski definition) is 4. The van der Waals surface area contributed by atoms with Crippen molar-refractivity contribution in [1.29, 1.82) is 0 Å². The molecule has 24 heavy (non-hydrogen) atoms. The number of hydrogen-bond donors (Lipinski definition) is 2. The third-order valence-electron chi connectivity index (χ3n) is 3.75. The van der Waals surface area contributed by atoms with E-state index in [-0.39, 0.29) is 12.6 Å². The van der Waals surface area contributed by atoms with Crippen molar-refractivity contribution in [3.05, 3.63) is 23.8 Å². The summed E-state index contributed by atoms with van der Waals surface area (Å²) in [5.41, 5.74) is -0.375. The molecule has 0 atom stereocenters. The first-order valence-electron chi connectivity index (χ1n) is 7.52. The number of nitrogens with zero attached hydrogens (tertiary/aromatic N) is 1. The van der Waals surface area contributed by atoms with Crippen LogP contribution in [0.1, 0.15) is 18.4 Å². The second-order valence-corrected chi connectivity index (χ2v) is 6.88. The molecule has 0 spiro atoms. The average molecular weight is 359 g/mol. The van der Waals surface area contributed by atoms with E-state index in [4.69, 9.17) is 0 Å². The van der Waals surface area contributed by atoms with Crippen LogP contribution in [0.4, 0.5) is 23.7 Å². The second kappa shape index (κ2) is 6.54. The molecule has 1 fully saturated rings. The smallest absolute Gasteiger partial charge is 0.360 e. The monoisotopic (exact) mass is 359 g/mol. The van der Waals surface area contributed by atoms with Crippen LogP contribution in [0, 0.1) is 0 Å². The maximum absolute atomic E-state index is 12.9. The van der Waals surface area contributed by atoms with E-state index in [0.717, 1.165) is 25.0 Å². The molecule has 0 radical (unpaired) electrons. The highest BCUT2D eigenvalue weighted by Gasteiger charge is 2.32. The van der Waals surface area contributed by atoms with Crippen molar-refractivity contribution in [3.8, 4) is 0 Å². The molecular weight excluding hydrogens is 343 g/mol. The minimum atomic E-state index is -4.44. The first kappa shape index (κ1) is 16.9. The summed E-state index contributed by atoms with van der Waals surface area (Å²) in [6.07, 6.45) is -2.63. The lowest BCUT2D eigenvalue weighted by atomic mass is 10.1. The van der Waals surface area contributed by atoms with Gasteiger partial charge >= 0.3 is 12.2 Å². The van der Waals surface area contributed by atoms with Gasteiger partial charge in [0.1, 0.15) is 0 Å². The number of imide groups is 1. The van der Waals surface area contributed by atoms with Crippen LogP contribution >= 0.6 is 11.8 Å². The molecule has 3 rings (SSSR count). The summed E-state index contributed by atoms with van der Waals surface area (Å²) < 4.78 is 38.7. The Hall–Kier alpha value is -1.90. The van der Waals surface area contributed by atoms with E-state index in [9.17, 15) is 22.8 Å². The summed E-state index contributed by atoms with van der Waals surface area (Å²) in [5.74, 6) is 0.128. The highest BCUT2D eigenvalue weighted by atomic mass is 32.2. The van der Waals surface area contributed by atoms with E-state index in [2.05, 4.69) is 10.6 Å². The van der Waals surface area contributed by atoms with Crippen LogP contribution in [0.5, 0.6) is 0 Å². The molecule has 0 saturated heterocycles. The Labute approximate surface area is 141 Å². The number of benzene rings is 1. The number of amides is 3. The molecule has 130 valence electrons. The normalized spacial score (nSPS) is 17.2. The van der Waals surface area contributed by atoms with Crippen molar-refractivity contribution in [2.24, 2.45) is 0 Å². The largest absolute Gasteiger partial charge is 0.416 e. The Kier molecular flexibility index (Phi) is 4.62. The zero-order valence-corrected chi connectivity index (χ0v) is 13.5. The van der Waals surface area contributed by atoms with Crippen molar-refractivity contribution in [3.63, 3.8) is 0 Å². The summed E-state index contributed by atoms with van der Waals surface area (Å²) in [4.78, 5) is 25.8. The van der Waals surface area contributed by atoms with E-state index in [1.807, 2.05) is 0 Å². The van der Waals surface area contributed by atoms with Crippen LogP contribution in [0.15, 0.2) is 23.1 Å². The van der Waals surface area contributed by atoms with Crippen molar-refractivity contribution in [2.75, 3.05) is 23.7 Å². The molecule has 0 unspecified atom stereocenters. The maximum atomic E-state index is 12.9. The quantitative estimate of drug-likeness (QED) is 0.871. The summed E-state index contributed by atoms with van der Waals surface area (Å²) in [5, 5.41) is 4.84. The summed E-state index contributed by atoms with van der Waals surface area (Å²) in [6, 6.07) is 3.09. The SMILES string of the molecule is O=C(CN1CCSc2ccc(C(F)(F)F)cc21)NC(=O)NC1CC1. The van der Waals surface area contributed by atoms with Crippen molar-refractivity contribution < 1.29 is 22.8 Å². The number of fused-ring (bicyclic) bond motifs is 1. The minimum Gasteiger partial charge on any atom is -0.360 e. The molecule has 1 heterocycles. The highest BCUT2D eigenvalue weighted by molar-refractivity contribution is 7.99. The average Bonchev–Trinajstić information content (AvgIpc) is 3.29. The molecule has 1 aliphatic heterocycles. The lowest BCUT2D eigenvalue weighted by Gasteiger charge is -2.30. The van der Waals surface area contributed by atoms with Crippen LogP contribution in [0.25, 0.3) is 0 Å². The van der Waals surface area contributed by atoms with E-state index in [1.54, 1.807) is 4.90 Å². The summed E-state index contributed by atoms with van der Waals surface area (Å²) >= 11 is 1.45. The standard InChI is InChI=1S/C15H16F3N3O2S/c16-15(17,18)9-1-4-12-11(7-9)21(5-6-24-12)8-13(22)20-14(23)19-10-2-3-10/h1,4,7,10H,2-3,5-6,8H2,(H2,19,20,22,23). The predicted octanol–water partition coefficient (Wildman–Crippen LogP) is 2.61. The van der Waals surface area contributed by atoms with Gasteiger partial charge in [0.15, 0.2) is 0 Å². The third kappa shape index (κ3) is 4.14. The number of anilines is 1. The van der Waals surface area contributed by atoms with Gasteiger partial charge < -0.3 is 10.2 Å². The second-order valence-electron chi connectivity index (χ2n) is 5.75. The van der Waals surface area contributed by atoms with Gasteiger partial charge in [-0.1, -0.05) is 0 Å². The van der Waals surface area contributed by atoms with Gasteiger partial charge in [0.25, 0.3) is 0 Å². The Bertz CT molecular complexity index is 662. The molecule has 0 aromatic heterocycles. The number of halogens is 3.